The third-order valence-electron chi connectivity index (χ3n) is 3.96. The van der Waals surface area contributed by atoms with Crippen LogP contribution in [-0.4, -0.2) is 29.3 Å². The van der Waals surface area contributed by atoms with E-state index in [0.29, 0.717) is 16.5 Å². The molecule has 28 heavy (non-hydrogen) atoms. The normalized spacial score (nSPS) is 12.4. The minimum absolute atomic E-state index is 0.0299. The fourth-order valence-electron chi connectivity index (χ4n) is 2.60. The fourth-order valence-corrected chi connectivity index (χ4v) is 2.85. The van der Waals surface area contributed by atoms with Crippen LogP contribution in [0.1, 0.15) is 17.5 Å². The van der Waals surface area contributed by atoms with Crippen molar-refractivity contribution in [3.63, 3.8) is 0 Å². The zero-order valence-corrected chi connectivity index (χ0v) is 16.5. The molecule has 6 nitrogen and oxygen atoms in total. The van der Waals surface area contributed by atoms with Gasteiger partial charge in [-0.3, -0.25) is 4.79 Å². The van der Waals surface area contributed by atoms with E-state index >= 15 is 0 Å². The largest absolute Gasteiger partial charge is 0.479 e. The number of hydrogen-bond donors (Lipinski definition) is 2. The second-order valence-corrected chi connectivity index (χ2v) is 7.13. The molecule has 0 unspecified atom stereocenters. The van der Waals surface area contributed by atoms with Crippen molar-refractivity contribution in [2.75, 3.05) is 6.61 Å². The van der Waals surface area contributed by atoms with Gasteiger partial charge in [-0.2, -0.15) is 0 Å². The Bertz CT molecular complexity index is 836. The van der Waals surface area contributed by atoms with Crippen molar-refractivity contribution in [1.82, 2.24) is 0 Å². The van der Waals surface area contributed by atoms with Gasteiger partial charge in [0, 0.05) is 28.8 Å². The number of Topliss-reactive ketones (excluding diaryl/α,β-unsaturated/α-hetero) is 1. The van der Waals surface area contributed by atoms with Crippen molar-refractivity contribution in [2.24, 2.45) is 16.8 Å². The van der Waals surface area contributed by atoms with Crippen molar-refractivity contribution in [2.45, 2.75) is 19.3 Å². The Morgan fingerprint density at radius 3 is 2.07 bits per heavy atom. The molecule has 0 radical (unpaired) electrons. The lowest BCUT2D eigenvalue weighted by atomic mass is 9.91. The number of carbonyl (C=O) groups excluding carboxylic acids is 1. The monoisotopic (exact) mass is 422 g/mol. The fraction of sp³-hybridized carbons (Fsp3) is 0.250. The molecule has 2 rings (SSSR count). The summed E-state index contributed by atoms with van der Waals surface area (Å²) in [5, 5.41) is 13.5. The van der Waals surface area contributed by atoms with E-state index in [9.17, 15) is 9.59 Å². The van der Waals surface area contributed by atoms with Gasteiger partial charge in [0.1, 0.15) is 11.6 Å². The van der Waals surface area contributed by atoms with Crippen LogP contribution in [0.3, 0.4) is 0 Å². The standard InChI is InChI=1S/C20H20Cl2N2O4/c21-16-5-1-13(2-6-16)9-15(20(23)24-28-12-19(26)27)11-18(25)10-14-3-7-17(22)8-4-14/h1-8,15H,9-12H2,(H2,23,24)(H,26,27)/t15-/m1/s1. The van der Waals surface area contributed by atoms with Crippen LogP contribution in [0, 0.1) is 5.92 Å². The molecule has 8 heteroatoms. The number of nitrogens with zero attached hydrogens (tertiary/aromatic N) is 1. The zero-order valence-electron chi connectivity index (χ0n) is 15.0. The first kappa shape index (κ1) is 21.7. The SMILES string of the molecule is N/C(=N\OCC(=O)O)[C@@H](CC(=O)Cc1ccc(Cl)cc1)Cc1ccc(Cl)cc1. The van der Waals surface area contributed by atoms with Gasteiger partial charge >= 0.3 is 5.97 Å². The number of oxime groups is 1. The van der Waals surface area contributed by atoms with Crippen molar-refractivity contribution in [3.8, 4) is 0 Å². The minimum Gasteiger partial charge on any atom is -0.479 e. The maximum Gasteiger partial charge on any atom is 0.344 e. The summed E-state index contributed by atoms with van der Waals surface area (Å²) in [6.07, 6.45) is 0.809. The van der Waals surface area contributed by atoms with Gasteiger partial charge in [0.15, 0.2) is 0 Å². The molecule has 0 aromatic heterocycles. The number of carboxylic acids is 1. The Labute approximate surface area is 172 Å². The average molecular weight is 423 g/mol. The van der Waals surface area contributed by atoms with E-state index in [2.05, 4.69) is 5.16 Å². The molecule has 0 amide bonds. The van der Waals surface area contributed by atoms with E-state index in [1.165, 1.54) is 0 Å². The highest BCUT2D eigenvalue weighted by atomic mass is 35.5. The summed E-state index contributed by atoms with van der Waals surface area (Å²) in [7, 11) is 0. The second-order valence-electron chi connectivity index (χ2n) is 6.26. The molecule has 148 valence electrons. The summed E-state index contributed by atoms with van der Waals surface area (Å²) in [5.74, 6) is -1.56. The molecule has 0 spiro atoms. The number of carbonyl (C=O) groups is 2. The Morgan fingerprint density at radius 2 is 1.54 bits per heavy atom. The highest BCUT2D eigenvalue weighted by Gasteiger charge is 2.20. The van der Waals surface area contributed by atoms with Gasteiger partial charge < -0.3 is 15.7 Å². The van der Waals surface area contributed by atoms with E-state index in [0.717, 1.165) is 11.1 Å². The molecule has 0 aliphatic carbocycles. The molecular weight excluding hydrogens is 403 g/mol. The predicted molar refractivity (Wildman–Crippen MR) is 109 cm³/mol. The molecule has 0 aliphatic heterocycles. The lowest BCUT2D eigenvalue weighted by Gasteiger charge is -2.16. The Kier molecular flexibility index (Phi) is 8.29. The van der Waals surface area contributed by atoms with Crippen molar-refractivity contribution in [1.29, 1.82) is 0 Å². The molecule has 2 aromatic carbocycles. The highest BCUT2D eigenvalue weighted by molar-refractivity contribution is 6.30. The quantitative estimate of drug-likeness (QED) is 0.345. The number of benzene rings is 2. The maximum atomic E-state index is 12.5. The van der Waals surface area contributed by atoms with Crippen molar-refractivity contribution >= 4 is 40.8 Å². The molecule has 1 atom stereocenters. The first-order chi connectivity index (χ1) is 13.3. The van der Waals surface area contributed by atoms with Crippen LogP contribution in [0.2, 0.25) is 10.0 Å². The van der Waals surface area contributed by atoms with Gasteiger partial charge in [0.05, 0.1) is 0 Å². The summed E-state index contributed by atoms with van der Waals surface area (Å²) in [6.45, 7) is -0.604. The molecule has 0 saturated carbocycles. The van der Waals surface area contributed by atoms with Crippen LogP contribution in [-0.2, 0) is 27.3 Å². The maximum absolute atomic E-state index is 12.5. The molecule has 0 fully saturated rings. The Hall–Kier alpha value is -2.57. The van der Waals surface area contributed by atoms with Crippen molar-refractivity contribution < 1.29 is 19.5 Å². The van der Waals surface area contributed by atoms with Gasteiger partial charge in [0.25, 0.3) is 0 Å². The van der Waals surface area contributed by atoms with Crippen molar-refractivity contribution in [3.05, 3.63) is 69.7 Å². The first-order valence-electron chi connectivity index (χ1n) is 8.51. The zero-order chi connectivity index (χ0) is 20.5. The third-order valence-corrected chi connectivity index (χ3v) is 4.46. The van der Waals surface area contributed by atoms with E-state index in [1.54, 1.807) is 36.4 Å². The summed E-state index contributed by atoms with van der Waals surface area (Å²) in [4.78, 5) is 27.8. The summed E-state index contributed by atoms with van der Waals surface area (Å²) < 4.78 is 0. The minimum atomic E-state index is -1.16. The molecule has 3 N–H and O–H groups in total. The molecular formula is C20H20Cl2N2O4. The number of nitrogens with two attached hydrogens (primary N) is 1. The summed E-state index contributed by atoms with van der Waals surface area (Å²) in [6, 6.07) is 14.2. The molecule has 0 bridgehead atoms. The number of ketones is 1. The van der Waals surface area contributed by atoms with E-state index in [4.69, 9.17) is 38.9 Å². The van der Waals surface area contributed by atoms with Crippen LogP contribution < -0.4 is 5.73 Å². The lowest BCUT2D eigenvalue weighted by molar-refractivity contribution is -0.142. The van der Waals surface area contributed by atoms with Gasteiger partial charge in [-0.05, 0) is 41.8 Å². The Morgan fingerprint density at radius 1 is 1.00 bits per heavy atom. The summed E-state index contributed by atoms with van der Waals surface area (Å²) in [5.41, 5.74) is 7.75. The van der Waals surface area contributed by atoms with E-state index < -0.39 is 18.5 Å². The predicted octanol–water partition coefficient (Wildman–Crippen LogP) is 3.73. The topological polar surface area (TPSA) is 102 Å². The van der Waals surface area contributed by atoms with Gasteiger partial charge in [-0.25, -0.2) is 4.79 Å². The van der Waals surface area contributed by atoms with E-state index in [-0.39, 0.29) is 24.5 Å². The molecule has 2 aromatic rings. The van der Waals surface area contributed by atoms with Gasteiger partial charge in [0.2, 0.25) is 6.61 Å². The third kappa shape index (κ3) is 7.58. The number of hydrogen-bond acceptors (Lipinski definition) is 4. The lowest BCUT2D eigenvalue weighted by Crippen LogP contribution is -2.29. The smallest absolute Gasteiger partial charge is 0.344 e. The average Bonchev–Trinajstić information content (AvgIpc) is 2.64. The second kappa shape index (κ2) is 10.7. The summed E-state index contributed by atoms with van der Waals surface area (Å²) >= 11 is 11.8. The number of aliphatic carboxylic acids is 1. The number of carboxylic acid groups (broad SMARTS) is 1. The highest BCUT2D eigenvalue weighted by Crippen LogP contribution is 2.18. The van der Waals surface area contributed by atoms with Crippen LogP contribution >= 0.6 is 23.2 Å². The molecule has 0 heterocycles. The van der Waals surface area contributed by atoms with E-state index in [1.807, 2.05) is 12.1 Å². The number of amidine groups is 1. The van der Waals surface area contributed by atoms with Crippen LogP contribution in [0.4, 0.5) is 0 Å². The number of halogens is 2. The van der Waals surface area contributed by atoms with Crippen LogP contribution in [0.15, 0.2) is 53.7 Å². The van der Waals surface area contributed by atoms with Gasteiger partial charge in [-0.1, -0.05) is 52.6 Å². The van der Waals surface area contributed by atoms with Crippen LogP contribution in [0.5, 0.6) is 0 Å². The molecule has 0 saturated heterocycles. The van der Waals surface area contributed by atoms with Gasteiger partial charge in [-0.15, -0.1) is 0 Å². The first-order valence-corrected chi connectivity index (χ1v) is 9.26. The number of rotatable bonds is 10. The Balaban J connectivity index is 2.09. The molecule has 0 aliphatic rings. The van der Waals surface area contributed by atoms with Crippen LogP contribution in [0.25, 0.3) is 0 Å².